The van der Waals surface area contributed by atoms with Crippen molar-refractivity contribution in [2.24, 2.45) is 4.99 Å². The van der Waals surface area contributed by atoms with Gasteiger partial charge in [-0.05, 0) is 56.5 Å². The highest BCUT2D eigenvalue weighted by atomic mass is 35.5. The zero-order valence-electron chi connectivity index (χ0n) is 20.2. The monoisotopic (exact) mass is 519 g/mol. The van der Waals surface area contributed by atoms with Gasteiger partial charge in [0.05, 0.1) is 12.4 Å². The number of nitrogens with zero attached hydrogens (tertiary/aromatic N) is 5. The molecule has 1 unspecified atom stereocenters. The minimum Gasteiger partial charge on any atom is -0.343 e. The molecule has 10 heteroatoms. The highest BCUT2D eigenvalue weighted by Crippen LogP contribution is 2.38. The topological polar surface area (TPSA) is 97.1 Å². The Hall–Kier alpha value is -3.40. The molecule has 36 heavy (non-hydrogen) atoms. The Kier molecular flexibility index (Phi) is 6.95. The molecule has 1 aromatic carbocycles. The van der Waals surface area contributed by atoms with Gasteiger partial charge in [-0.3, -0.25) is 24.7 Å². The maximum Gasteiger partial charge on any atom is 0.221 e. The molecule has 1 atom stereocenters. The largest absolute Gasteiger partial charge is 0.343 e. The summed E-state index contributed by atoms with van der Waals surface area (Å²) in [4.78, 5) is 22.9. The number of carbonyl (C=O) groups excluding carboxylic acids is 1. The number of aromatic nitrogens is 4. The first-order chi connectivity index (χ1) is 17.4. The summed E-state index contributed by atoms with van der Waals surface area (Å²) in [5.74, 6) is 1.42. The zero-order chi connectivity index (χ0) is 25.2. The summed E-state index contributed by atoms with van der Waals surface area (Å²) in [6.45, 7) is 6.41. The molecule has 3 aromatic heterocycles. The number of pyridine rings is 1. The third-order valence-corrected chi connectivity index (χ3v) is 7.67. The Labute approximate surface area is 218 Å². The summed E-state index contributed by atoms with van der Waals surface area (Å²) in [7, 11) is 0. The van der Waals surface area contributed by atoms with Crippen LogP contribution in [0.15, 0.2) is 53.8 Å². The van der Waals surface area contributed by atoms with E-state index in [9.17, 15) is 4.79 Å². The second-order valence-electron chi connectivity index (χ2n) is 8.63. The molecular formula is C26H26ClN7OS. The number of aliphatic imine (C=N–C) groups is 1. The standard InChI is InChI=1S/C26H26ClN7OS/c1-15-16(2)36-26-22(15)23(19-7-9-20(27)10-8-19)31-24(25-33-32-17(3)34(25)26)30-14-29-21(35)11-6-18-5-4-12-28-13-18/h4-5,7-10,12-13,24,30H,6,11,14H2,1-3H3,(H,29,35). The van der Waals surface area contributed by atoms with E-state index >= 15 is 0 Å². The van der Waals surface area contributed by atoms with E-state index in [0.717, 1.165) is 33.2 Å². The van der Waals surface area contributed by atoms with E-state index in [1.807, 2.05) is 43.3 Å². The summed E-state index contributed by atoms with van der Waals surface area (Å²) in [5.41, 5.74) is 5.09. The van der Waals surface area contributed by atoms with Crippen molar-refractivity contribution in [3.63, 3.8) is 0 Å². The molecule has 2 N–H and O–H groups in total. The molecule has 4 aromatic rings. The van der Waals surface area contributed by atoms with Crippen LogP contribution in [0.1, 0.15) is 51.4 Å². The highest BCUT2D eigenvalue weighted by molar-refractivity contribution is 7.15. The minimum absolute atomic E-state index is 0.0508. The fourth-order valence-corrected chi connectivity index (χ4v) is 5.55. The molecule has 0 aliphatic carbocycles. The van der Waals surface area contributed by atoms with Crippen molar-refractivity contribution in [3.8, 4) is 5.00 Å². The van der Waals surface area contributed by atoms with E-state index in [1.54, 1.807) is 23.7 Å². The molecule has 5 rings (SSSR count). The van der Waals surface area contributed by atoms with E-state index in [2.05, 4.69) is 44.2 Å². The van der Waals surface area contributed by atoms with Gasteiger partial charge in [0.2, 0.25) is 5.91 Å². The van der Waals surface area contributed by atoms with E-state index in [-0.39, 0.29) is 12.6 Å². The van der Waals surface area contributed by atoms with Crippen LogP contribution < -0.4 is 10.6 Å². The molecule has 8 nitrogen and oxygen atoms in total. The number of rotatable bonds is 7. The molecule has 4 heterocycles. The Morgan fingerprint density at radius 2 is 1.94 bits per heavy atom. The molecule has 0 fully saturated rings. The van der Waals surface area contributed by atoms with Crippen molar-refractivity contribution in [1.82, 2.24) is 30.4 Å². The molecule has 0 radical (unpaired) electrons. The van der Waals surface area contributed by atoms with Crippen molar-refractivity contribution in [3.05, 3.63) is 92.6 Å². The second-order valence-corrected chi connectivity index (χ2v) is 10.3. The van der Waals surface area contributed by atoms with Crippen molar-refractivity contribution < 1.29 is 4.79 Å². The second kappa shape index (κ2) is 10.3. The van der Waals surface area contributed by atoms with Gasteiger partial charge in [-0.2, -0.15) is 0 Å². The van der Waals surface area contributed by atoms with Gasteiger partial charge in [0.25, 0.3) is 0 Å². The molecule has 184 valence electrons. The number of hydrogen-bond donors (Lipinski definition) is 2. The van der Waals surface area contributed by atoms with Gasteiger partial charge in [-0.1, -0.05) is 29.8 Å². The third kappa shape index (κ3) is 4.82. The summed E-state index contributed by atoms with van der Waals surface area (Å²) in [5, 5.41) is 16.8. The minimum atomic E-state index is -0.505. The van der Waals surface area contributed by atoms with Crippen LogP contribution in [0.2, 0.25) is 5.02 Å². The molecule has 0 spiro atoms. The van der Waals surface area contributed by atoms with E-state index in [4.69, 9.17) is 16.6 Å². The zero-order valence-corrected chi connectivity index (χ0v) is 21.8. The summed E-state index contributed by atoms with van der Waals surface area (Å²) < 4.78 is 2.06. The van der Waals surface area contributed by atoms with Gasteiger partial charge in [0.1, 0.15) is 10.8 Å². The fourth-order valence-electron chi connectivity index (χ4n) is 4.21. The number of fused-ring (bicyclic) bond motifs is 3. The van der Waals surface area contributed by atoms with Gasteiger partial charge >= 0.3 is 0 Å². The fraction of sp³-hybridized carbons (Fsp3) is 0.269. The van der Waals surface area contributed by atoms with E-state index < -0.39 is 6.17 Å². The first-order valence-corrected chi connectivity index (χ1v) is 12.9. The summed E-state index contributed by atoms with van der Waals surface area (Å²) in [6.07, 6.45) is 4.01. The maximum atomic E-state index is 12.5. The lowest BCUT2D eigenvalue weighted by molar-refractivity contribution is -0.121. The molecule has 1 amide bonds. The molecule has 1 aliphatic heterocycles. The van der Waals surface area contributed by atoms with E-state index in [1.165, 1.54) is 10.4 Å². The summed E-state index contributed by atoms with van der Waals surface area (Å²) >= 11 is 7.87. The molecule has 0 saturated carbocycles. The number of nitrogens with one attached hydrogen (secondary N) is 2. The number of hydrogen-bond acceptors (Lipinski definition) is 7. The first kappa shape index (κ1) is 24.3. The predicted octanol–water partition coefficient (Wildman–Crippen LogP) is 4.45. The quantitative estimate of drug-likeness (QED) is 0.352. The van der Waals surface area contributed by atoms with Crippen LogP contribution >= 0.6 is 22.9 Å². The van der Waals surface area contributed by atoms with Gasteiger partial charge in [-0.15, -0.1) is 21.5 Å². The van der Waals surface area contributed by atoms with Gasteiger partial charge in [0, 0.05) is 39.8 Å². The predicted molar refractivity (Wildman–Crippen MR) is 142 cm³/mol. The average Bonchev–Trinajstić information content (AvgIpc) is 3.35. The number of aryl methyl sites for hydroxylation is 3. The van der Waals surface area contributed by atoms with Crippen LogP contribution in [-0.2, 0) is 11.2 Å². The highest BCUT2D eigenvalue weighted by Gasteiger charge is 2.31. The molecule has 0 saturated heterocycles. The third-order valence-electron chi connectivity index (χ3n) is 6.22. The Morgan fingerprint density at radius 3 is 2.69 bits per heavy atom. The van der Waals surface area contributed by atoms with Crippen LogP contribution in [0, 0.1) is 20.8 Å². The summed E-state index contributed by atoms with van der Waals surface area (Å²) in [6, 6.07) is 11.5. The lowest BCUT2D eigenvalue weighted by Crippen LogP contribution is -2.36. The molecule has 1 aliphatic rings. The Bertz CT molecular complexity index is 1430. The van der Waals surface area contributed by atoms with Crippen molar-refractivity contribution in [1.29, 1.82) is 0 Å². The molecule has 0 bridgehead atoms. The van der Waals surface area contributed by atoms with Crippen molar-refractivity contribution >= 4 is 34.6 Å². The normalized spacial score (nSPS) is 14.6. The number of amides is 1. The van der Waals surface area contributed by atoms with Crippen LogP contribution in [0.4, 0.5) is 0 Å². The van der Waals surface area contributed by atoms with Crippen LogP contribution in [0.3, 0.4) is 0 Å². The van der Waals surface area contributed by atoms with E-state index in [0.29, 0.717) is 23.7 Å². The van der Waals surface area contributed by atoms with Crippen LogP contribution in [-0.4, -0.2) is 38.0 Å². The maximum absolute atomic E-state index is 12.5. The average molecular weight is 520 g/mol. The van der Waals surface area contributed by atoms with Crippen LogP contribution in [0.25, 0.3) is 5.00 Å². The number of carbonyl (C=O) groups is 1. The number of thiophene rings is 1. The first-order valence-electron chi connectivity index (χ1n) is 11.7. The number of benzene rings is 1. The molecular weight excluding hydrogens is 494 g/mol. The van der Waals surface area contributed by atoms with Gasteiger partial charge in [0.15, 0.2) is 12.0 Å². The van der Waals surface area contributed by atoms with Crippen LogP contribution in [0.5, 0.6) is 0 Å². The smallest absolute Gasteiger partial charge is 0.221 e. The SMILES string of the molecule is Cc1sc2c(c1C)C(c1ccc(Cl)cc1)=NC(NCNC(=O)CCc1cccnc1)c1nnc(C)n1-2. The number of halogens is 1. The lowest BCUT2D eigenvalue weighted by atomic mass is 10.00. The Morgan fingerprint density at radius 1 is 1.14 bits per heavy atom. The lowest BCUT2D eigenvalue weighted by Gasteiger charge is -2.15. The van der Waals surface area contributed by atoms with Gasteiger partial charge < -0.3 is 5.32 Å². The Balaban J connectivity index is 1.42. The van der Waals surface area contributed by atoms with Crippen molar-refractivity contribution in [2.45, 2.75) is 39.8 Å². The van der Waals surface area contributed by atoms with Crippen molar-refractivity contribution in [2.75, 3.05) is 6.67 Å². The van der Waals surface area contributed by atoms with Gasteiger partial charge in [-0.25, -0.2) is 0 Å².